The normalized spacial score (nSPS) is 11.4. The van der Waals surface area contributed by atoms with Gasteiger partial charge in [-0.25, -0.2) is 4.39 Å². The van der Waals surface area contributed by atoms with Gasteiger partial charge in [0, 0.05) is 11.8 Å². The Morgan fingerprint density at radius 3 is 2.50 bits per heavy atom. The molecule has 0 amide bonds. The van der Waals surface area contributed by atoms with Gasteiger partial charge in [0.05, 0.1) is 6.61 Å². The van der Waals surface area contributed by atoms with Crippen molar-refractivity contribution in [3.05, 3.63) is 24.0 Å². The fourth-order valence-corrected chi connectivity index (χ4v) is 0.928. The molecule has 0 aliphatic heterocycles. The van der Waals surface area contributed by atoms with Crippen LogP contribution in [0.2, 0.25) is 0 Å². The highest BCUT2D eigenvalue weighted by molar-refractivity contribution is 5.42. The van der Waals surface area contributed by atoms with E-state index in [9.17, 15) is 4.39 Å². The van der Waals surface area contributed by atoms with Gasteiger partial charge in [-0.05, 0) is 17.5 Å². The van der Waals surface area contributed by atoms with Gasteiger partial charge in [-0.3, -0.25) is 0 Å². The van der Waals surface area contributed by atoms with Crippen LogP contribution in [-0.2, 0) is 0 Å². The smallest absolute Gasteiger partial charge is 0.167 e. The first kappa shape index (κ1) is 10.8. The van der Waals surface area contributed by atoms with Crippen LogP contribution in [0.1, 0.15) is 20.8 Å². The van der Waals surface area contributed by atoms with Crippen molar-refractivity contribution in [3.8, 4) is 5.75 Å². The van der Waals surface area contributed by atoms with Crippen molar-refractivity contribution in [3.63, 3.8) is 0 Å². The molecule has 14 heavy (non-hydrogen) atoms. The molecular weight excluding hydrogens is 181 g/mol. The summed E-state index contributed by atoms with van der Waals surface area (Å²) in [6.45, 7) is 6.57. The Bertz CT molecular complexity index is 318. The largest absolute Gasteiger partial charge is 0.490 e. The number of hydrogen-bond donors (Lipinski definition) is 1. The molecule has 0 atom stereocenters. The van der Waals surface area contributed by atoms with Crippen molar-refractivity contribution >= 4 is 5.69 Å². The standard InChI is InChI=1S/C11H16FNO/c1-11(2,3)7-14-10-5-4-8(13)6-9(10)12/h4-6H,7,13H2,1-3H3. The summed E-state index contributed by atoms with van der Waals surface area (Å²) in [5.41, 5.74) is 5.84. The quantitative estimate of drug-likeness (QED) is 0.740. The first-order chi connectivity index (χ1) is 6.38. The Morgan fingerprint density at radius 1 is 1.36 bits per heavy atom. The maximum Gasteiger partial charge on any atom is 0.167 e. The molecule has 1 aromatic rings. The van der Waals surface area contributed by atoms with Crippen molar-refractivity contribution in [1.29, 1.82) is 0 Å². The summed E-state index contributed by atoms with van der Waals surface area (Å²) in [5.74, 6) is -0.150. The highest BCUT2D eigenvalue weighted by Crippen LogP contribution is 2.22. The lowest BCUT2D eigenvalue weighted by atomic mass is 9.99. The predicted molar refractivity (Wildman–Crippen MR) is 55.8 cm³/mol. The van der Waals surface area contributed by atoms with Gasteiger partial charge in [-0.15, -0.1) is 0 Å². The molecule has 0 fully saturated rings. The number of benzene rings is 1. The van der Waals surface area contributed by atoms with Crippen LogP contribution in [0.5, 0.6) is 5.75 Å². The monoisotopic (exact) mass is 197 g/mol. The van der Waals surface area contributed by atoms with E-state index >= 15 is 0 Å². The second kappa shape index (κ2) is 3.86. The van der Waals surface area contributed by atoms with E-state index in [4.69, 9.17) is 10.5 Å². The molecule has 1 rings (SSSR count). The first-order valence-electron chi connectivity index (χ1n) is 4.56. The Balaban J connectivity index is 2.68. The van der Waals surface area contributed by atoms with E-state index in [1.807, 2.05) is 20.8 Å². The molecule has 0 aromatic heterocycles. The van der Waals surface area contributed by atoms with Crippen molar-refractivity contribution in [2.24, 2.45) is 5.41 Å². The zero-order valence-electron chi connectivity index (χ0n) is 8.80. The van der Waals surface area contributed by atoms with Crippen molar-refractivity contribution in [1.82, 2.24) is 0 Å². The van der Waals surface area contributed by atoms with Crippen molar-refractivity contribution in [2.75, 3.05) is 12.3 Å². The molecule has 0 bridgehead atoms. The van der Waals surface area contributed by atoms with Crippen molar-refractivity contribution < 1.29 is 9.13 Å². The van der Waals surface area contributed by atoms with Crippen LogP contribution in [-0.4, -0.2) is 6.61 Å². The fourth-order valence-electron chi connectivity index (χ4n) is 0.928. The maximum absolute atomic E-state index is 13.2. The summed E-state index contributed by atoms with van der Waals surface area (Å²) >= 11 is 0. The molecule has 78 valence electrons. The predicted octanol–water partition coefficient (Wildman–Crippen LogP) is 2.83. The van der Waals surface area contributed by atoms with E-state index in [2.05, 4.69) is 0 Å². The lowest BCUT2D eigenvalue weighted by molar-refractivity contribution is 0.191. The third-order valence-corrected chi connectivity index (χ3v) is 1.62. The fraction of sp³-hybridized carbons (Fsp3) is 0.455. The van der Waals surface area contributed by atoms with Gasteiger partial charge < -0.3 is 10.5 Å². The minimum Gasteiger partial charge on any atom is -0.490 e. The molecule has 3 heteroatoms. The zero-order chi connectivity index (χ0) is 10.8. The summed E-state index contributed by atoms with van der Waals surface area (Å²) in [7, 11) is 0. The molecule has 0 aliphatic carbocycles. The van der Waals surface area contributed by atoms with Gasteiger partial charge in [-0.1, -0.05) is 20.8 Å². The molecule has 0 aliphatic rings. The van der Waals surface area contributed by atoms with E-state index in [0.29, 0.717) is 12.3 Å². The van der Waals surface area contributed by atoms with Crippen LogP contribution in [0.3, 0.4) is 0 Å². The number of halogens is 1. The van der Waals surface area contributed by atoms with Gasteiger partial charge in [-0.2, -0.15) is 0 Å². The number of nitrogens with two attached hydrogens (primary N) is 1. The summed E-state index contributed by atoms with van der Waals surface area (Å²) in [5, 5.41) is 0. The van der Waals surface area contributed by atoms with E-state index < -0.39 is 5.82 Å². The third kappa shape index (κ3) is 3.24. The van der Waals surface area contributed by atoms with Crippen LogP contribution in [0.25, 0.3) is 0 Å². The molecular formula is C11H16FNO. The minimum absolute atomic E-state index is 0.0217. The molecule has 0 unspecified atom stereocenters. The van der Waals surface area contributed by atoms with E-state index in [1.165, 1.54) is 6.07 Å². The summed E-state index contributed by atoms with van der Waals surface area (Å²) in [4.78, 5) is 0. The molecule has 0 saturated heterocycles. The second-order valence-corrected chi connectivity index (χ2v) is 4.54. The Hall–Kier alpha value is -1.25. The van der Waals surface area contributed by atoms with Crippen LogP contribution in [0.15, 0.2) is 18.2 Å². The molecule has 1 aromatic carbocycles. The average Bonchev–Trinajstić information content (AvgIpc) is 2.00. The highest BCUT2D eigenvalue weighted by atomic mass is 19.1. The number of ether oxygens (including phenoxy) is 1. The molecule has 2 N–H and O–H groups in total. The van der Waals surface area contributed by atoms with Gasteiger partial charge in [0.25, 0.3) is 0 Å². The van der Waals surface area contributed by atoms with Gasteiger partial charge in [0.15, 0.2) is 11.6 Å². The van der Waals surface area contributed by atoms with Crippen molar-refractivity contribution in [2.45, 2.75) is 20.8 Å². The van der Waals surface area contributed by atoms with E-state index in [1.54, 1.807) is 12.1 Å². The number of rotatable bonds is 2. The summed E-state index contributed by atoms with van der Waals surface area (Å²) in [6.07, 6.45) is 0. The Kier molecular flexibility index (Phi) is 2.99. The van der Waals surface area contributed by atoms with E-state index in [0.717, 1.165) is 0 Å². The third-order valence-electron chi connectivity index (χ3n) is 1.62. The Morgan fingerprint density at radius 2 is 2.00 bits per heavy atom. The Labute approximate surface area is 83.9 Å². The number of nitrogen functional groups attached to an aromatic ring is 1. The number of anilines is 1. The molecule has 0 heterocycles. The van der Waals surface area contributed by atoms with Crippen LogP contribution >= 0.6 is 0 Å². The summed E-state index contributed by atoms with van der Waals surface area (Å²) < 4.78 is 18.5. The van der Waals surface area contributed by atoms with Gasteiger partial charge >= 0.3 is 0 Å². The van der Waals surface area contributed by atoms with Crippen LogP contribution in [0, 0.1) is 11.2 Å². The first-order valence-corrected chi connectivity index (χ1v) is 4.56. The van der Waals surface area contributed by atoms with E-state index in [-0.39, 0.29) is 11.2 Å². The average molecular weight is 197 g/mol. The summed E-state index contributed by atoms with van der Waals surface area (Å²) in [6, 6.07) is 4.44. The minimum atomic E-state index is -0.408. The lowest BCUT2D eigenvalue weighted by Gasteiger charge is -2.19. The maximum atomic E-state index is 13.2. The molecule has 0 saturated carbocycles. The highest BCUT2D eigenvalue weighted by Gasteiger charge is 2.12. The van der Waals surface area contributed by atoms with Gasteiger partial charge in [0.1, 0.15) is 0 Å². The van der Waals surface area contributed by atoms with Crippen LogP contribution < -0.4 is 10.5 Å². The SMILES string of the molecule is CC(C)(C)COc1ccc(N)cc1F. The molecule has 0 spiro atoms. The lowest BCUT2D eigenvalue weighted by Crippen LogP contribution is -2.17. The van der Waals surface area contributed by atoms with Gasteiger partial charge in [0.2, 0.25) is 0 Å². The molecule has 0 radical (unpaired) electrons. The topological polar surface area (TPSA) is 35.2 Å². The molecule has 2 nitrogen and oxygen atoms in total. The second-order valence-electron chi connectivity index (χ2n) is 4.54. The van der Waals surface area contributed by atoms with Crippen LogP contribution in [0.4, 0.5) is 10.1 Å². The zero-order valence-corrected chi connectivity index (χ0v) is 8.80. The number of hydrogen-bond acceptors (Lipinski definition) is 2.